The van der Waals surface area contributed by atoms with Crippen molar-refractivity contribution in [2.45, 2.75) is 50.4 Å². The zero-order valence-electron chi connectivity index (χ0n) is 18.5. The van der Waals surface area contributed by atoms with Crippen LogP contribution < -0.4 is 4.74 Å². The molecule has 0 N–H and O–H groups in total. The van der Waals surface area contributed by atoms with Gasteiger partial charge in [-0.15, -0.1) is 0 Å². The van der Waals surface area contributed by atoms with Crippen LogP contribution in [0.5, 0.6) is 5.75 Å². The average molecular weight is 430 g/mol. The summed E-state index contributed by atoms with van der Waals surface area (Å²) in [6.45, 7) is 1.29. The Morgan fingerprint density at radius 3 is 2.71 bits per heavy atom. The Hall–Kier alpha value is -2.63. The zero-order chi connectivity index (χ0) is 22.4. The van der Waals surface area contributed by atoms with Gasteiger partial charge in [0.2, 0.25) is 5.91 Å². The molecule has 0 unspecified atom stereocenters. The highest BCUT2D eigenvalue weighted by atomic mass is 16.5. The summed E-state index contributed by atoms with van der Waals surface area (Å²) in [5.74, 6) is 0.252. The third kappa shape index (κ3) is 5.75. The number of nitriles is 1. The van der Waals surface area contributed by atoms with Crippen molar-refractivity contribution in [3.05, 3.63) is 29.3 Å². The quantitative estimate of drug-likeness (QED) is 0.680. The molecular formula is C23H31N3O5. The van der Waals surface area contributed by atoms with E-state index in [0.29, 0.717) is 55.8 Å². The van der Waals surface area contributed by atoms with E-state index in [1.807, 2.05) is 0 Å². The van der Waals surface area contributed by atoms with E-state index < -0.39 is 0 Å². The van der Waals surface area contributed by atoms with E-state index in [4.69, 9.17) is 14.2 Å². The second-order valence-corrected chi connectivity index (χ2v) is 8.21. The summed E-state index contributed by atoms with van der Waals surface area (Å²) >= 11 is 0. The van der Waals surface area contributed by atoms with Crippen LogP contribution in [0.1, 0.15) is 48.0 Å². The molecule has 2 aliphatic heterocycles. The number of benzene rings is 1. The summed E-state index contributed by atoms with van der Waals surface area (Å²) in [6, 6.07) is 6.96. The number of carbonyl (C=O) groups excluding carboxylic acids is 2. The highest BCUT2D eigenvalue weighted by Gasteiger charge is 2.33. The zero-order valence-corrected chi connectivity index (χ0v) is 18.5. The van der Waals surface area contributed by atoms with Crippen molar-refractivity contribution < 1.29 is 23.8 Å². The third-order valence-electron chi connectivity index (χ3n) is 6.00. The minimum absolute atomic E-state index is 0.00647. The van der Waals surface area contributed by atoms with Crippen LogP contribution in [0.15, 0.2) is 18.2 Å². The number of ether oxygens (including phenoxy) is 3. The molecular weight excluding hydrogens is 398 g/mol. The Morgan fingerprint density at radius 2 is 1.97 bits per heavy atom. The number of nitrogens with zero attached hydrogens (tertiary/aromatic N) is 3. The number of likely N-dealkylation sites (N-methyl/N-ethyl adjacent to an activating group) is 1. The topological polar surface area (TPSA) is 92.1 Å². The molecule has 3 rings (SSSR count). The van der Waals surface area contributed by atoms with Crippen LogP contribution in [0.3, 0.4) is 0 Å². The lowest BCUT2D eigenvalue weighted by Crippen LogP contribution is -2.47. The monoisotopic (exact) mass is 429 g/mol. The first-order valence-electron chi connectivity index (χ1n) is 10.8. The van der Waals surface area contributed by atoms with E-state index in [2.05, 4.69) is 6.07 Å². The molecule has 2 amide bonds. The van der Waals surface area contributed by atoms with E-state index in [0.717, 1.165) is 12.8 Å². The minimum atomic E-state index is -0.225. The minimum Gasteiger partial charge on any atom is -0.493 e. The second-order valence-electron chi connectivity index (χ2n) is 8.21. The lowest BCUT2D eigenvalue weighted by Gasteiger charge is -2.37. The van der Waals surface area contributed by atoms with Crippen LogP contribution in [0.2, 0.25) is 0 Å². The molecule has 1 saturated heterocycles. The van der Waals surface area contributed by atoms with Crippen molar-refractivity contribution in [2.24, 2.45) is 0 Å². The van der Waals surface area contributed by atoms with Crippen molar-refractivity contribution in [1.82, 2.24) is 9.80 Å². The average Bonchev–Trinajstić information content (AvgIpc) is 2.78. The molecule has 1 fully saturated rings. The lowest BCUT2D eigenvalue weighted by atomic mass is 9.98. The Balaban J connectivity index is 1.82. The molecule has 2 heterocycles. The van der Waals surface area contributed by atoms with E-state index in [9.17, 15) is 14.9 Å². The van der Waals surface area contributed by atoms with E-state index in [-0.39, 0.29) is 30.1 Å². The van der Waals surface area contributed by atoms with Gasteiger partial charge in [-0.1, -0.05) is 0 Å². The van der Waals surface area contributed by atoms with Gasteiger partial charge in [-0.2, -0.15) is 5.26 Å². The van der Waals surface area contributed by atoms with Gasteiger partial charge in [0, 0.05) is 47.1 Å². The van der Waals surface area contributed by atoms with Crippen molar-refractivity contribution in [3.8, 4) is 11.8 Å². The first-order valence-corrected chi connectivity index (χ1v) is 10.8. The number of rotatable bonds is 1. The summed E-state index contributed by atoms with van der Waals surface area (Å²) in [5.41, 5.74) is 0.762. The van der Waals surface area contributed by atoms with Crippen molar-refractivity contribution >= 4 is 11.8 Å². The van der Waals surface area contributed by atoms with Gasteiger partial charge in [-0.3, -0.25) is 9.59 Å². The smallest absolute Gasteiger partial charge is 0.257 e. The summed E-state index contributed by atoms with van der Waals surface area (Å²) in [7, 11) is 5.16. The van der Waals surface area contributed by atoms with Crippen LogP contribution in [-0.4, -0.2) is 80.8 Å². The fraction of sp³-hybridized carbons (Fsp3) is 0.609. The van der Waals surface area contributed by atoms with Gasteiger partial charge in [-0.25, -0.2) is 0 Å². The molecule has 0 aromatic heterocycles. The van der Waals surface area contributed by atoms with Crippen molar-refractivity contribution in [3.63, 3.8) is 0 Å². The van der Waals surface area contributed by atoms with Gasteiger partial charge in [0.25, 0.3) is 5.91 Å². The Labute approximate surface area is 183 Å². The van der Waals surface area contributed by atoms with Crippen LogP contribution in [-0.2, 0) is 14.3 Å². The summed E-state index contributed by atoms with van der Waals surface area (Å²) in [5, 5.41) is 9.24. The first kappa shape index (κ1) is 23.0. The number of hydrogen-bond acceptors (Lipinski definition) is 6. The molecule has 2 bridgehead atoms. The van der Waals surface area contributed by atoms with E-state index in [1.54, 1.807) is 49.2 Å². The Morgan fingerprint density at radius 1 is 1.16 bits per heavy atom. The van der Waals surface area contributed by atoms with Crippen molar-refractivity contribution in [2.75, 3.05) is 40.9 Å². The number of carbonyl (C=O) groups is 2. The first-order chi connectivity index (χ1) is 14.9. The maximum atomic E-state index is 13.0. The second kappa shape index (κ2) is 10.6. The normalized spacial score (nSPS) is 26.1. The Bertz CT molecular complexity index is 837. The van der Waals surface area contributed by atoms with Crippen LogP contribution in [0.4, 0.5) is 0 Å². The fourth-order valence-electron chi connectivity index (χ4n) is 4.11. The molecule has 2 aliphatic rings. The number of methoxy groups -OCH3 is 1. The van der Waals surface area contributed by atoms with Gasteiger partial charge in [0.15, 0.2) is 0 Å². The molecule has 0 saturated carbocycles. The standard InChI is InChI=1S/C23H31N3O5/c1-25-11-4-5-22(27)26(2)15-21-20(29-3)9-7-17(31-21)10-12-30-19-8-6-16(14-24)13-18(19)23(25)28/h6,8,13,17,20-21H,4-5,7,9-12,15H2,1-3H3/t17-,20+,21+/m1/s1. The van der Waals surface area contributed by atoms with Crippen LogP contribution in [0, 0.1) is 11.3 Å². The molecule has 3 atom stereocenters. The van der Waals surface area contributed by atoms with Crippen LogP contribution in [0.25, 0.3) is 0 Å². The van der Waals surface area contributed by atoms with Gasteiger partial charge >= 0.3 is 0 Å². The maximum absolute atomic E-state index is 13.0. The predicted molar refractivity (Wildman–Crippen MR) is 114 cm³/mol. The Kier molecular flexibility index (Phi) is 7.88. The van der Waals surface area contributed by atoms with Gasteiger partial charge in [-0.05, 0) is 37.5 Å². The number of amides is 2. The molecule has 0 radical (unpaired) electrons. The highest BCUT2D eigenvalue weighted by Crippen LogP contribution is 2.26. The van der Waals surface area contributed by atoms with Crippen LogP contribution >= 0.6 is 0 Å². The van der Waals surface area contributed by atoms with E-state index in [1.165, 1.54) is 0 Å². The summed E-state index contributed by atoms with van der Waals surface area (Å²) in [4.78, 5) is 28.9. The molecule has 8 heteroatoms. The predicted octanol–water partition coefficient (Wildman–Crippen LogP) is 2.21. The number of fused-ring (bicyclic) bond motifs is 3. The van der Waals surface area contributed by atoms with Gasteiger partial charge in [0.1, 0.15) is 11.9 Å². The molecule has 1 aromatic rings. The van der Waals surface area contributed by atoms with Crippen molar-refractivity contribution in [1.29, 1.82) is 5.26 Å². The van der Waals surface area contributed by atoms with E-state index >= 15 is 0 Å². The lowest BCUT2D eigenvalue weighted by molar-refractivity contribution is -0.150. The summed E-state index contributed by atoms with van der Waals surface area (Å²) < 4.78 is 17.8. The SMILES string of the molecule is CO[C@H]1CC[C@@H]2CCOc3ccc(C#N)cc3C(=O)N(C)CCCC(=O)N(C)C[C@@H]1O2. The molecule has 168 valence electrons. The maximum Gasteiger partial charge on any atom is 0.257 e. The highest BCUT2D eigenvalue weighted by molar-refractivity contribution is 5.97. The largest absolute Gasteiger partial charge is 0.493 e. The van der Waals surface area contributed by atoms with Gasteiger partial charge in [0.05, 0.1) is 36.0 Å². The number of hydrogen-bond donors (Lipinski definition) is 0. The molecule has 31 heavy (non-hydrogen) atoms. The molecule has 1 aromatic carbocycles. The molecule has 0 spiro atoms. The molecule has 8 nitrogen and oxygen atoms in total. The van der Waals surface area contributed by atoms with Gasteiger partial charge < -0.3 is 24.0 Å². The molecule has 0 aliphatic carbocycles. The third-order valence-corrected chi connectivity index (χ3v) is 6.00. The fourth-order valence-corrected chi connectivity index (χ4v) is 4.11. The summed E-state index contributed by atoms with van der Waals surface area (Å²) in [6.07, 6.45) is 3.02.